The van der Waals surface area contributed by atoms with Crippen LogP contribution in [-0.4, -0.2) is 0 Å². The quantitative estimate of drug-likeness (QED) is 0.394. The van der Waals surface area contributed by atoms with E-state index >= 15 is 0 Å². The van der Waals surface area contributed by atoms with Crippen LogP contribution in [0.5, 0.6) is 0 Å². The summed E-state index contributed by atoms with van der Waals surface area (Å²) in [5.41, 5.74) is 6.00. The lowest BCUT2D eigenvalue weighted by atomic mass is 9.43. The van der Waals surface area contributed by atoms with Crippen LogP contribution in [0.1, 0.15) is 132 Å². The van der Waals surface area contributed by atoms with Gasteiger partial charge in [0.15, 0.2) is 0 Å². The van der Waals surface area contributed by atoms with E-state index < -0.39 is 0 Å². The SMILES string of the molecule is CC(C)CCC[C@@H](C)[C@H]1CC[C@@]2(C)C3=C(CC[C@]12C)[C@@]1(C)CCCC(C)(C)[C@@H]1CC3. The third kappa shape index (κ3) is 3.28. The zero-order chi connectivity index (χ0) is 21.9. The summed E-state index contributed by atoms with van der Waals surface area (Å²) in [6.45, 7) is 20.7. The molecule has 4 rings (SSSR count). The van der Waals surface area contributed by atoms with E-state index in [0.29, 0.717) is 21.7 Å². The molecule has 172 valence electrons. The number of rotatable bonds is 5. The zero-order valence-electron chi connectivity index (χ0n) is 21.8. The molecule has 0 nitrogen and oxygen atoms in total. The van der Waals surface area contributed by atoms with E-state index in [1.54, 1.807) is 0 Å². The summed E-state index contributed by atoms with van der Waals surface area (Å²) >= 11 is 0. The van der Waals surface area contributed by atoms with Crippen molar-refractivity contribution in [2.24, 2.45) is 45.3 Å². The Morgan fingerprint density at radius 3 is 2.23 bits per heavy atom. The second-order valence-corrected chi connectivity index (χ2v) is 14.0. The Hall–Kier alpha value is -0.260. The number of allylic oxidation sites excluding steroid dienone is 2. The van der Waals surface area contributed by atoms with E-state index in [1.807, 2.05) is 11.1 Å². The first-order valence-electron chi connectivity index (χ1n) is 13.7. The highest BCUT2D eigenvalue weighted by Crippen LogP contribution is 2.72. The molecule has 0 N–H and O–H groups in total. The Morgan fingerprint density at radius 1 is 0.800 bits per heavy atom. The van der Waals surface area contributed by atoms with Crippen molar-refractivity contribution in [3.63, 3.8) is 0 Å². The fraction of sp³-hybridized carbons (Fsp3) is 0.933. The smallest absolute Gasteiger partial charge is 0.00568 e. The van der Waals surface area contributed by atoms with Gasteiger partial charge in [-0.2, -0.15) is 0 Å². The molecule has 0 unspecified atom stereocenters. The maximum atomic E-state index is 2.73. The van der Waals surface area contributed by atoms with Crippen LogP contribution >= 0.6 is 0 Å². The molecular formula is C30H52. The first kappa shape index (κ1) is 22.9. The monoisotopic (exact) mass is 412 g/mol. The van der Waals surface area contributed by atoms with Crippen molar-refractivity contribution in [2.45, 2.75) is 132 Å². The lowest BCUT2D eigenvalue weighted by molar-refractivity contribution is -0.0201. The molecule has 0 bridgehead atoms. The van der Waals surface area contributed by atoms with Gasteiger partial charge in [-0.1, -0.05) is 92.2 Å². The van der Waals surface area contributed by atoms with Crippen molar-refractivity contribution in [3.05, 3.63) is 11.1 Å². The molecule has 30 heavy (non-hydrogen) atoms. The van der Waals surface area contributed by atoms with Crippen molar-refractivity contribution in [1.29, 1.82) is 0 Å². The van der Waals surface area contributed by atoms with E-state index in [0.717, 1.165) is 23.7 Å². The van der Waals surface area contributed by atoms with Crippen molar-refractivity contribution in [3.8, 4) is 0 Å². The van der Waals surface area contributed by atoms with Crippen LogP contribution in [-0.2, 0) is 0 Å². The highest BCUT2D eigenvalue weighted by molar-refractivity contribution is 5.38. The van der Waals surface area contributed by atoms with Gasteiger partial charge in [0.25, 0.3) is 0 Å². The zero-order valence-corrected chi connectivity index (χ0v) is 21.8. The predicted molar refractivity (Wildman–Crippen MR) is 132 cm³/mol. The first-order chi connectivity index (χ1) is 14.0. The summed E-state index contributed by atoms with van der Waals surface area (Å²) in [5, 5.41) is 0. The minimum absolute atomic E-state index is 0.479. The Bertz CT molecular complexity index is 680. The van der Waals surface area contributed by atoms with Crippen LogP contribution in [0.3, 0.4) is 0 Å². The molecule has 2 saturated carbocycles. The first-order valence-corrected chi connectivity index (χ1v) is 13.7. The molecule has 0 amide bonds. The van der Waals surface area contributed by atoms with Gasteiger partial charge >= 0.3 is 0 Å². The minimum Gasteiger partial charge on any atom is -0.0642 e. The number of fused-ring (bicyclic) bond motifs is 4. The summed E-state index contributed by atoms with van der Waals surface area (Å²) in [4.78, 5) is 0. The third-order valence-electron chi connectivity index (χ3n) is 11.7. The van der Waals surface area contributed by atoms with Gasteiger partial charge in [0.2, 0.25) is 0 Å². The normalized spacial score (nSPS) is 43.9. The van der Waals surface area contributed by atoms with E-state index in [-0.39, 0.29) is 0 Å². The lowest BCUT2D eigenvalue weighted by Gasteiger charge is -2.61. The summed E-state index contributed by atoms with van der Waals surface area (Å²) in [5.74, 6) is 3.62. The molecule has 0 aromatic carbocycles. The number of hydrogen-bond acceptors (Lipinski definition) is 0. The van der Waals surface area contributed by atoms with Gasteiger partial charge in [-0.3, -0.25) is 0 Å². The fourth-order valence-electron chi connectivity index (χ4n) is 9.78. The van der Waals surface area contributed by atoms with E-state index in [4.69, 9.17) is 0 Å². The molecule has 6 atom stereocenters. The van der Waals surface area contributed by atoms with Gasteiger partial charge in [-0.25, -0.2) is 0 Å². The van der Waals surface area contributed by atoms with Crippen LogP contribution in [0, 0.1) is 45.3 Å². The maximum absolute atomic E-state index is 2.73. The molecule has 0 saturated heterocycles. The average Bonchev–Trinajstić information content (AvgIpc) is 2.92. The Balaban J connectivity index is 1.62. The molecule has 4 aliphatic rings. The largest absolute Gasteiger partial charge is 0.0642 e. The van der Waals surface area contributed by atoms with Gasteiger partial charge in [0.05, 0.1) is 0 Å². The highest BCUT2D eigenvalue weighted by atomic mass is 14.7. The molecule has 0 aromatic rings. The second-order valence-electron chi connectivity index (χ2n) is 14.0. The lowest BCUT2D eigenvalue weighted by Crippen LogP contribution is -2.51. The van der Waals surface area contributed by atoms with Gasteiger partial charge in [0.1, 0.15) is 0 Å². The summed E-state index contributed by atoms with van der Waals surface area (Å²) in [6.07, 6.45) is 17.4. The average molecular weight is 413 g/mol. The van der Waals surface area contributed by atoms with Crippen molar-refractivity contribution in [1.82, 2.24) is 0 Å². The molecule has 4 aliphatic carbocycles. The van der Waals surface area contributed by atoms with E-state index in [9.17, 15) is 0 Å². The Labute approximate surface area is 189 Å². The molecule has 0 spiro atoms. The van der Waals surface area contributed by atoms with Crippen LogP contribution in [0.25, 0.3) is 0 Å². The van der Waals surface area contributed by atoms with E-state index in [1.165, 1.54) is 77.0 Å². The fourth-order valence-corrected chi connectivity index (χ4v) is 9.78. The predicted octanol–water partition coefficient (Wildman–Crippen LogP) is 9.59. The van der Waals surface area contributed by atoms with Crippen LogP contribution < -0.4 is 0 Å². The molecule has 0 radical (unpaired) electrons. The third-order valence-corrected chi connectivity index (χ3v) is 11.7. The molecule has 0 aromatic heterocycles. The minimum atomic E-state index is 0.479. The highest BCUT2D eigenvalue weighted by Gasteiger charge is 2.62. The number of hydrogen-bond donors (Lipinski definition) is 0. The van der Waals surface area contributed by atoms with E-state index in [2.05, 4.69) is 55.4 Å². The molecule has 0 heteroatoms. The van der Waals surface area contributed by atoms with Crippen molar-refractivity contribution < 1.29 is 0 Å². The van der Waals surface area contributed by atoms with Gasteiger partial charge in [0, 0.05) is 0 Å². The van der Waals surface area contributed by atoms with Crippen molar-refractivity contribution >= 4 is 0 Å². The van der Waals surface area contributed by atoms with Crippen LogP contribution in [0.4, 0.5) is 0 Å². The van der Waals surface area contributed by atoms with Crippen LogP contribution in [0.15, 0.2) is 11.1 Å². The Kier molecular flexibility index (Phi) is 5.85. The molecular weight excluding hydrogens is 360 g/mol. The maximum Gasteiger partial charge on any atom is -0.00568 e. The van der Waals surface area contributed by atoms with Crippen molar-refractivity contribution in [2.75, 3.05) is 0 Å². The second kappa shape index (κ2) is 7.66. The Morgan fingerprint density at radius 2 is 1.53 bits per heavy atom. The molecule has 0 heterocycles. The van der Waals surface area contributed by atoms with Gasteiger partial charge < -0.3 is 0 Å². The van der Waals surface area contributed by atoms with Crippen LogP contribution in [0.2, 0.25) is 0 Å². The summed E-state index contributed by atoms with van der Waals surface area (Å²) in [6, 6.07) is 0. The summed E-state index contributed by atoms with van der Waals surface area (Å²) in [7, 11) is 0. The van der Waals surface area contributed by atoms with Gasteiger partial charge in [-0.05, 0) is 96.7 Å². The standard InChI is InChI=1S/C30H52/c1-21(2)11-9-12-22(3)23-15-19-30(8)25-13-14-26-27(4,5)17-10-18-28(26,6)24(25)16-20-29(23,30)7/h21-23,26H,9-20H2,1-8H3/t22-,23-,26+,28-,29-,30+/m1/s1. The summed E-state index contributed by atoms with van der Waals surface area (Å²) < 4.78 is 0. The topological polar surface area (TPSA) is 0 Å². The molecule has 2 fully saturated rings. The van der Waals surface area contributed by atoms with Gasteiger partial charge in [-0.15, -0.1) is 0 Å². The molecule has 0 aliphatic heterocycles.